The fourth-order valence-electron chi connectivity index (χ4n) is 5.88. The summed E-state index contributed by atoms with van der Waals surface area (Å²) in [4.78, 5) is 0. The van der Waals surface area contributed by atoms with E-state index in [1.54, 1.807) is 38.5 Å². The molecule has 0 spiro atoms. The monoisotopic (exact) mass is 203 g/mol. The lowest BCUT2D eigenvalue weighted by Crippen LogP contribution is -2.48. The van der Waals surface area contributed by atoms with Crippen LogP contribution in [-0.2, 0) is 0 Å². The molecule has 4 bridgehead atoms. The van der Waals surface area contributed by atoms with E-state index in [2.05, 4.69) is 0 Å². The minimum absolute atomic E-state index is 0.797. The highest BCUT2D eigenvalue weighted by molar-refractivity contribution is 5.16. The Hall–Kier alpha value is 0. The smallest absolute Gasteiger partial charge is 0.0179 e. The van der Waals surface area contributed by atoms with Crippen molar-refractivity contribution in [2.45, 2.75) is 64.2 Å². The molecule has 0 aromatic heterocycles. The van der Waals surface area contributed by atoms with E-state index < -0.39 is 0 Å². The molecule has 0 aromatic rings. The van der Waals surface area contributed by atoms with E-state index in [4.69, 9.17) is 0 Å². The molecule has 0 aromatic carbocycles. The van der Waals surface area contributed by atoms with Gasteiger partial charge in [-0.3, -0.25) is 0 Å². The summed E-state index contributed by atoms with van der Waals surface area (Å²) in [6.45, 7) is 0. The van der Waals surface area contributed by atoms with Gasteiger partial charge in [0, 0.05) is 0 Å². The fourth-order valence-corrected chi connectivity index (χ4v) is 5.88. The Kier molecular flexibility index (Phi) is 1.83. The van der Waals surface area contributed by atoms with Crippen LogP contribution in [0.2, 0.25) is 0 Å². The molecule has 15 heavy (non-hydrogen) atoms. The second-order valence-corrected chi connectivity index (χ2v) is 7.01. The molecule has 0 heterocycles. The van der Waals surface area contributed by atoms with Gasteiger partial charge in [0.1, 0.15) is 0 Å². The summed E-state index contributed by atoms with van der Waals surface area (Å²) >= 11 is 0. The quantitative estimate of drug-likeness (QED) is 0.594. The van der Waals surface area contributed by atoms with Gasteiger partial charge in [0.2, 0.25) is 0 Å². The molecule has 5 aliphatic carbocycles. The zero-order chi connectivity index (χ0) is 9.88. The molecule has 0 N–H and O–H groups in total. The predicted octanol–water partition coefficient (Wildman–Crippen LogP) is 4.35. The van der Waals surface area contributed by atoms with Gasteiger partial charge in [-0.15, -0.1) is 0 Å². The van der Waals surface area contributed by atoms with Crippen LogP contribution in [0.25, 0.3) is 0 Å². The van der Waals surface area contributed by atoms with Crippen LogP contribution in [0.4, 0.5) is 0 Å². The molecule has 0 heteroatoms. The molecule has 0 amide bonds. The SMILES string of the molecule is C1CC[C](C23CC4CC(CC(C4)C2)C3)C1. The molecule has 0 atom stereocenters. The van der Waals surface area contributed by atoms with Gasteiger partial charge in [-0.1, -0.05) is 12.8 Å². The molecule has 1 radical (unpaired) electrons. The van der Waals surface area contributed by atoms with Gasteiger partial charge in [-0.25, -0.2) is 0 Å². The third kappa shape index (κ3) is 1.26. The topological polar surface area (TPSA) is 0 Å². The number of hydrogen-bond donors (Lipinski definition) is 0. The number of rotatable bonds is 1. The molecular formula is C15H23. The maximum Gasteiger partial charge on any atom is -0.0179 e. The molecule has 83 valence electrons. The van der Waals surface area contributed by atoms with Crippen molar-refractivity contribution >= 4 is 0 Å². The Morgan fingerprint density at radius 2 is 1.20 bits per heavy atom. The molecule has 5 aliphatic rings. The van der Waals surface area contributed by atoms with Crippen LogP contribution < -0.4 is 0 Å². The van der Waals surface area contributed by atoms with Gasteiger partial charge in [0.15, 0.2) is 0 Å². The standard InChI is InChI=1S/C15H23/c1-2-4-14(3-1)15-8-11-5-12(9-15)7-13(6-11)10-15/h11-13H,1-10H2. The Bertz CT molecular complexity index is 224. The van der Waals surface area contributed by atoms with Crippen molar-refractivity contribution in [2.24, 2.45) is 23.2 Å². The van der Waals surface area contributed by atoms with Gasteiger partial charge >= 0.3 is 0 Å². The highest BCUT2D eigenvalue weighted by Crippen LogP contribution is 2.65. The minimum atomic E-state index is 0.797. The van der Waals surface area contributed by atoms with E-state index in [0.717, 1.165) is 23.2 Å². The predicted molar refractivity (Wildman–Crippen MR) is 62.3 cm³/mol. The first kappa shape index (κ1) is 9.07. The summed E-state index contributed by atoms with van der Waals surface area (Å²) in [7, 11) is 0. The zero-order valence-corrected chi connectivity index (χ0v) is 9.80. The van der Waals surface area contributed by atoms with Gasteiger partial charge in [-0.05, 0) is 80.5 Å². The van der Waals surface area contributed by atoms with Gasteiger partial charge in [0.25, 0.3) is 0 Å². The largest absolute Gasteiger partial charge is 0.0527 e. The highest BCUT2D eigenvalue weighted by Gasteiger charge is 2.54. The lowest BCUT2D eigenvalue weighted by Gasteiger charge is -2.59. The Morgan fingerprint density at radius 1 is 0.733 bits per heavy atom. The van der Waals surface area contributed by atoms with Crippen molar-refractivity contribution in [1.29, 1.82) is 0 Å². The van der Waals surface area contributed by atoms with E-state index in [1.807, 2.05) is 5.92 Å². The van der Waals surface area contributed by atoms with Crippen LogP contribution >= 0.6 is 0 Å². The van der Waals surface area contributed by atoms with E-state index in [-0.39, 0.29) is 0 Å². The zero-order valence-electron chi connectivity index (χ0n) is 9.80. The maximum atomic E-state index is 2.03. The van der Waals surface area contributed by atoms with Crippen LogP contribution in [0.1, 0.15) is 64.2 Å². The summed E-state index contributed by atoms with van der Waals surface area (Å²) in [6, 6.07) is 0. The van der Waals surface area contributed by atoms with E-state index >= 15 is 0 Å². The number of hydrogen-bond acceptors (Lipinski definition) is 0. The third-order valence-corrected chi connectivity index (χ3v) is 6.00. The summed E-state index contributed by atoms with van der Waals surface area (Å²) in [5, 5.41) is 0. The molecule has 0 nitrogen and oxygen atoms in total. The van der Waals surface area contributed by atoms with E-state index in [0.29, 0.717) is 0 Å². The molecule has 0 unspecified atom stereocenters. The molecule has 0 aliphatic heterocycles. The van der Waals surface area contributed by atoms with Gasteiger partial charge in [-0.2, -0.15) is 0 Å². The second kappa shape index (κ2) is 3.02. The Morgan fingerprint density at radius 3 is 1.67 bits per heavy atom. The molecule has 5 rings (SSSR count). The van der Waals surface area contributed by atoms with E-state index in [1.165, 1.54) is 25.7 Å². The summed E-state index contributed by atoms with van der Waals surface area (Å²) in [5.74, 6) is 5.46. The van der Waals surface area contributed by atoms with Crippen LogP contribution in [0.3, 0.4) is 0 Å². The lowest BCUT2D eigenvalue weighted by atomic mass is 9.46. The molecule has 5 saturated carbocycles. The van der Waals surface area contributed by atoms with Crippen LogP contribution in [0.5, 0.6) is 0 Å². The summed E-state index contributed by atoms with van der Waals surface area (Å²) < 4.78 is 0. The van der Waals surface area contributed by atoms with Crippen molar-refractivity contribution in [3.63, 3.8) is 0 Å². The van der Waals surface area contributed by atoms with Crippen molar-refractivity contribution in [3.05, 3.63) is 5.92 Å². The fraction of sp³-hybridized carbons (Fsp3) is 0.933. The maximum absolute atomic E-state index is 2.03. The lowest BCUT2D eigenvalue weighted by molar-refractivity contribution is -0.0454. The van der Waals surface area contributed by atoms with Gasteiger partial charge < -0.3 is 0 Å². The molecule has 5 fully saturated rings. The van der Waals surface area contributed by atoms with Crippen molar-refractivity contribution < 1.29 is 0 Å². The van der Waals surface area contributed by atoms with Gasteiger partial charge in [0.05, 0.1) is 0 Å². The average Bonchev–Trinajstić information content (AvgIpc) is 2.67. The molecular weight excluding hydrogens is 180 g/mol. The average molecular weight is 203 g/mol. The summed E-state index contributed by atoms with van der Waals surface area (Å²) in [6.07, 6.45) is 15.7. The minimum Gasteiger partial charge on any atom is -0.0527 e. The first-order chi connectivity index (χ1) is 7.34. The third-order valence-electron chi connectivity index (χ3n) is 6.00. The van der Waals surface area contributed by atoms with Crippen LogP contribution in [-0.4, -0.2) is 0 Å². The molecule has 0 saturated heterocycles. The normalized spacial score (nSPS) is 54.0. The van der Waals surface area contributed by atoms with Crippen molar-refractivity contribution in [3.8, 4) is 0 Å². The van der Waals surface area contributed by atoms with Crippen LogP contribution in [0.15, 0.2) is 0 Å². The first-order valence-electron chi connectivity index (χ1n) is 7.19. The van der Waals surface area contributed by atoms with Crippen LogP contribution in [0, 0.1) is 29.1 Å². The summed E-state index contributed by atoms with van der Waals surface area (Å²) in [5.41, 5.74) is 0.797. The highest BCUT2D eigenvalue weighted by atomic mass is 14.6. The second-order valence-electron chi connectivity index (χ2n) is 7.01. The van der Waals surface area contributed by atoms with Crippen molar-refractivity contribution in [2.75, 3.05) is 0 Å². The Balaban J connectivity index is 1.65. The van der Waals surface area contributed by atoms with Crippen molar-refractivity contribution in [1.82, 2.24) is 0 Å². The van der Waals surface area contributed by atoms with E-state index in [9.17, 15) is 0 Å². The first-order valence-corrected chi connectivity index (χ1v) is 7.19. The Labute approximate surface area is 93.8 Å².